The second kappa shape index (κ2) is 21.0. The van der Waals surface area contributed by atoms with Crippen molar-refractivity contribution in [3.8, 4) is 33.9 Å². The number of aromatic hydroxyl groups is 1. The molecule has 3 aliphatic heterocycles. The van der Waals surface area contributed by atoms with E-state index >= 15 is 0 Å². The molecule has 10 rings (SSSR count). The molecule has 2 saturated carbocycles. The van der Waals surface area contributed by atoms with Gasteiger partial charge in [0.2, 0.25) is 17.8 Å². The van der Waals surface area contributed by atoms with E-state index in [2.05, 4.69) is 49.5 Å². The molecule has 6 N–H and O–H groups in total. The molecular formula is C57H70FN11O6. The highest BCUT2D eigenvalue weighted by Gasteiger charge is 2.57. The molecule has 396 valence electrons. The number of halogens is 1. The number of aromatic nitrogens is 4. The molecule has 3 saturated heterocycles. The first-order chi connectivity index (χ1) is 36.0. The van der Waals surface area contributed by atoms with Crippen molar-refractivity contribution in [3.63, 3.8) is 0 Å². The van der Waals surface area contributed by atoms with Crippen LogP contribution in [0.1, 0.15) is 97.5 Å². The van der Waals surface area contributed by atoms with E-state index < -0.39 is 35.4 Å². The number of anilines is 3. The highest BCUT2D eigenvalue weighted by Crippen LogP contribution is 2.60. The zero-order chi connectivity index (χ0) is 52.8. The van der Waals surface area contributed by atoms with Crippen molar-refractivity contribution in [2.45, 2.75) is 128 Å². The minimum absolute atomic E-state index is 0.0255. The fourth-order valence-corrected chi connectivity index (χ4v) is 12.5. The van der Waals surface area contributed by atoms with Crippen LogP contribution in [0.25, 0.3) is 22.4 Å². The van der Waals surface area contributed by atoms with Gasteiger partial charge in [-0.1, -0.05) is 70.2 Å². The van der Waals surface area contributed by atoms with Gasteiger partial charge in [-0.2, -0.15) is 5.48 Å². The van der Waals surface area contributed by atoms with E-state index in [0.29, 0.717) is 59.0 Å². The Balaban J connectivity index is 0.678. The molecule has 17 nitrogen and oxygen atoms in total. The molecule has 0 bridgehead atoms. The smallest absolute Gasteiger partial charge is 0.275 e. The van der Waals surface area contributed by atoms with Crippen LogP contribution in [0.2, 0.25) is 0 Å². The van der Waals surface area contributed by atoms with Crippen LogP contribution in [0.5, 0.6) is 11.5 Å². The van der Waals surface area contributed by atoms with Gasteiger partial charge in [0.1, 0.15) is 23.7 Å². The van der Waals surface area contributed by atoms with Crippen LogP contribution < -0.4 is 31.2 Å². The molecule has 3 amide bonds. The Bertz CT molecular complexity index is 2860. The Morgan fingerprint density at radius 3 is 2.24 bits per heavy atom. The zero-order valence-corrected chi connectivity index (χ0v) is 43.5. The number of amides is 3. The van der Waals surface area contributed by atoms with Gasteiger partial charge in [0.15, 0.2) is 11.6 Å². The SMILES string of the molecule is CCC1CN(c2cc(-c3ccccc3O)nnc2N)CC(C)N1c1ncc(C2CCN([C@H]3CC4(C[C@H](C(=O)N[C@H](C(=O)N5C[C@H](O)C[C@H]5C(=O)NOc5ccc(-c6ccccc6F)cc5)C(C)(C)C)C4)C3)CC2)cn1. The third kappa shape index (κ3) is 10.7. The number of aliphatic hydroxyl groups is 1. The number of carbonyl (C=O) groups excluding carboxylic acids is 3. The number of hydrogen-bond acceptors (Lipinski definition) is 14. The van der Waals surface area contributed by atoms with E-state index in [0.717, 1.165) is 69.7 Å². The fraction of sp³-hybridized carbons (Fsp3) is 0.491. The highest BCUT2D eigenvalue weighted by atomic mass is 19.1. The molecule has 5 atom stereocenters. The first-order valence-electron chi connectivity index (χ1n) is 26.6. The van der Waals surface area contributed by atoms with Crippen molar-refractivity contribution in [1.29, 1.82) is 0 Å². The number of hydrogen-bond donors (Lipinski definition) is 5. The number of nitrogens with zero attached hydrogens (tertiary/aromatic N) is 8. The van der Waals surface area contributed by atoms with Crippen molar-refractivity contribution in [3.05, 3.63) is 103 Å². The predicted octanol–water partition coefficient (Wildman–Crippen LogP) is 6.86. The Morgan fingerprint density at radius 1 is 0.893 bits per heavy atom. The van der Waals surface area contributed by atoms with Crippen molar-refractivity contribution < 1.29 is 33.8 Å². The fourth-order valence-electron chi connectivity index (χ4n) is 12.5. The monoisotopic (exact) mass is 1020 g/mol. The molecule has 2 aliphatic carbocycles. The number of nitrogen functional groups attached to an aromatic ring is 1. The molecule has 1 spiro atoms. The van der Waals surface area contributed by atoms with Crippen molar-refractivity contribution in [2.24, 2.45) is 16.7 Å². The standard InChI is InChI=1S/C57H70FN11O6/c1-6-39-32-67(47-24-46(63-64-51(47)59)44-12-8-10-14-49(44)71)31-34(2)69(39)55-60-29-38(30-61-55)35-19-21-66(22-20-35)40-27-57(28-40)25-37(26-57)52(72)62-50(56(3,4)5)54(74)68-33-41(70)23-48(68)53(73)65-75-42-17-15-36(16-18-42)43-11-7-9-13-45(43)58/h7-18,24,29-30,34-35,37,39-41,48,50,70-71H,6,19-23,25-28,31-33H2,1-5H3,(H2,59,64)(H,62,72)(H,65,73)/t34?,37-,39?,40-,41-,48+,50-,57?/m1/s1. The lowest BCUT2D eigenvalue weighted by atomic mass is 9.49. The molecule has 2 unspecified atom stereocenters. The number of phenols is 1. The van der Waals surface area contributed by atoms with Crippen LogP contribution in [0, 0.1) is 22.6 Å². The number of aliphatic hydroxyl groups excluding tert-OH is 1. The number of benzene rings is 3. The molecule has 5 heterocycles. The number of likely N-dealkylation sites (tertiary alicyclic amines) is 2. The molecule has 75 heavy (non-hydrogen) atoms. The van der Waals surface area contributed by atoms with E-state index in [1.165, 1.54) is 16.5 Å². The van der Waals surface area contributed by atoms with Gasteiger partial charge >= 0.3 is 0 Å². The van der Waals surface area contributed by atoms with E-state index in [1.54, 1.807) is 54.6 Å². The molecule has 3 aromatic carbocycles. The van der Waals surface area contributed by atoms with Crippen molar-refractivity contribution in [2.75, 3.05) is 48.3 Å². The van der Waals surface area contributed by atoms with Gasteiger partial charge < -0.3 is 45.7 Å². The molecule has 0 radical (unpaired) electrons. The molecular weight excluding hydrogens is 954 g/mol. The second-order valence-corrected chi connectivity index (χ2v) is 22.8. The summed E-state index contributed by atoms with van der Waals surface area (Å²) in [5, 5.41) is 32.8. The number of phenolic OH excluding ortho intramolecular Hbond substituents is 1. The van der Waals surface area contributed by atoms with Crippen molar-refractivity contribution >= 4 is 35.2 Å². The minimum Gasteiger partial charge on any atom is -0.507 e. The Hall–Kier alpha value is -6.92. The summed E-state index contributed by atoms with van der Waals surface area (Å²) in [4.78, 5) is 65.7. The summed E-state index contributed by atoms with van der Waals surface area (Å²) < 4.78 is 14.3. The third-order valence-corrected chi connectivity index (χ3v) is 16.6. The lowest BCUT2D eigenvalue weighted by Gasteiger charge is -2.60. The number of carbonyl (C=O) groups is 3. The third-order valence-electron chi connectivity index (χ3n) is 16.6. The quantitative estimate of drug-likeness (QED) is 0.0763. The first-order valence-corrected chi connectivity index (χ1v) is 26.6. The van der Waals surface area contributed by atoms with Gasteiger partial charge in [-0.25, -0.2) is 14.4 Å². The summed E-state index contributed by atoms with van der Waals surface area (Å²) in [6, 6.07) is 20.8. The maximum absolute atomic E-state index is 14.3. The number of piperidine rings is 1. The summed E-state index contributed by atoms with van der Waals surface area (Å²) in [6.45, 7) is 13.4. The number of nitrogens with two attached hydrogens (primary N) is 1. The van der Waals surface area contributed by atoms with Gasteiger partial charge in [-0.3, -0.25) is 14.4 Å². The van der Waals surface area contributed by atoms with Crippen LogP contribution in [0.15, 0.2) is 91.3 Å². The largest absolute Gasteiger partial charge is 0.507 e. The van der Waals surface area contributed by atoms with Crippen molar-refractivity contribution in [1.82, 2.24) is 40.8 Å². The number of rotatable bonds is 13. The van der Waals surface area contributed by atoms with E-state index in [4.69, 9.17) is 20.5 Å². The van der Waals surface area contributed by atoms with Crippen LogP contribution in [-0.4, -0.2) is 127 Å². The molecule has 18 heteroatoms. The van der Waals surface area contributed by atoms with Crippen LogP contribution in [-0.2, 0) is 14.4 Å². The van der Waals surface area contributed by atoms with E-state index in [9.17, 15) is 29.0 Å². The maximum Gasteiger partial charge on any atom is 0.275 e. The lowest BCUT2D eigenvalue weighted by molar-refractivity contribution is -0.151. The molecule has 2 aromatic heterocycles. The lowest BCUT2D eigenvalue weighted by Crippen LogP contribution is -2.62. The number of nitrogens with one attached hydrogen (secondary N) is 2. The average Bonchev–Trinajstić information content (AvgIpc) is 3.79. The number of hydroxylamine groups is 1. The van der Waals surface area contributed by atoms with Gasteiger partial charge in [0.05, 0.1) is 17.5 Å². The average molecular weight is 1020 g/mol. The highest BCUT2D eigenvalue weighted by molar-refractivity contribution is 5.93. The first kappa shape index (κ1) is 51.6. The van der Waals surface area contributed by atoms with E-state index in [-0.39, 0.29) is 53.9 Å². The zero-order valence-electron chi connectivity index (χ0n) is 43.5. The van der Waals surface area contributed by atoms with E-state index in [1.807, 2.05) is 51.4 Å². The topological polar surface area (TPSA) is 215 Å². The summed E-state index contributed by atoms with van der Waals surface area (Å²) in [6.07, 6.45) is 9.80. The van der Waals surface area contributed by atoms with Gasteiger partial charge in [-0.05, 0) is 129 Å². The molecule has 5 aliphatic rings. The Morgan fingerprint density at radius 2 is 1.57 bits per heavy atom. The Kier molecular flexibility index (Phi) is 14.4. The number of para-hydroxylation sites is 1. The number of piperazine rings is 1. The predicted molar refractivity (Wildman–Crippen MR) is 284 cm³/mol. The maximum atomic E-state index is 14.3. The summed E-state index contributed by atoms with van der Waals surface area (Å²) in [5.41, 5.74) is 12.5. The summed E-state index contributed by atoms with van der Waals surface area (Å²) in [7, 11) is 0. The van der Waals surface area contributed by atoms with Crippen LogP contribution >= 0.6 is 0 Å². The summed E-state index contributed by atoms with van der Waals surface area (Å²) in [5.74, 6) is 0.210. The Labute approximate surface area is 438 Å². The second-order valence-electron chi connectivity index (χ2n) is 22.8. The molecule has 5 fully saturated rings. The number of β-amino-alcohol motifs (C(OH)–C–C–N with tert-alkyl or cyclic N) is 1. The van der Waals surface area contributed by atoms with Crippen LogP contribution in [0.3, 0.4) is 0 Å². The van der Waals surface area contributed by atoms with Gasteiger partial charge in [0.25, 0.3) is 5.91 Å². The van der Waals surface area contributed by atoms with Crippen LogP contribution in [0.4, 0.5) is 21.8 Å². The minimum atomic E-state index is -1.01. The summed E-state index contributed by atoms with van der Waals surface area (Å²) >= 11 is 0. The van der Waals surface area contributed by atoms with Gasteiger partial charge in [0, 0.05) is 73.6 Å². The molecule has 5 aromatic rings. The van der Waals surface area contributed by atoms with Gasteiger partial charge in [-0.15, -0.1) is 10.2 Å². The normalized spacial score (nSPS) is 25.6.